The number of hydrogen-bond donors (Lipinski definition) is 2. The lowest BCUT2D eigenvalue weighted by Gasteiger charge is -2.28. The van der Waals surface area contributed by atoms with Gasteiger partial charge in [-0.3, -0.25) is 14.4 Å². The highest BCUT2D eigenvalue weighted by Crippen LogP contribution is 2.30. The molecule has 4 rings (SSSR count). The highest BCUT2D eigenvalue weighted by molar-refractivity contribution is 6.09. The van der Waals surface area contributed by atoms with Gasteiger partial charge in [-0.1, -0.05) is 0 Å². The van der Waals surface area contributed by atoms with Crippen molar-refractivity contribution in [3.8, 4) is 11.4 Å². The van der Waals surface area contributed by atoms with E-state index in [0.717, 1.165) is 30.8 Å². The van der Waals surface area contributed by atoms with Crippen molar-refractivity contribution in [1.82, 2.24) is 9.78 Å². The Morgan fingerprint density at radius 3 is 2.41 bits per heavy atom. The largest absolute Gasteiger partial charge is 0.497 e. The third-order valence-corrected chi connectivity index (χ3v) is 6.19. The van der Waals surface area contributed by atoms with E-state index in [1.165, 1.54) is 4.68 Å². The molecule has 10 nitrogen and oxygen atoms in total. The van der Waals surface area contributed by atoms with Crippen molar-refractivity contribution in [2.75, 3.05) is 37.0 Å². The Morgan fingerprint density at radius 1 is 1.05 bits per heavy atom. The van der Waals surface area contributed by atoms with E-state index in [9.17, 15) is 14.4 Å². The van der Waals surface area contributed by atoms with Crippen LogP contribution in [0.15, 0.2) is 48.5 Å². The number of methoxy groups -OCH3 is 1. The van der Waals surface area contributed by atoms with Gasteiger partial charge in [0.1, 0.15) is 11.4 Å². The number of anilines is 2. The van der Waals surface area contributed by atoms with Crippen molar-refractivity contribution in [3.63, 3.8) is 0 Å². The molecule has 3 N–H and O–H groups in total. The maximum Gasteiger partial charge on any atom is 0.305 e. The third kappa shape index (κ3) is 5.74. The molecule has 194 valence electrons. The van der Waals surface area contributed by atoms with Crippen molar-refractivity contribution in [3.05, 3.63) is 65.5 Å². The van der Waals surface area contributed by atoms with Gasteiger partial charge >= 0.3 is 5.97 Å². The van der Waals surface area contributed by atoms with Crippen LogP contribution in [0.4, 0.5) is 11.4 Å². The van der Waals surface area contributed by atoms with Gasteiger partial charge < -0.3 is 25.4 Å². The molecule has 37 heavy (non-hydrogen) atoms. The van der Waals surface area contributed by atoms with Crippen molar-refractivity contribution < 1.29 is 23.9 Å². The van der Waals surface area contributed by atoms with Crippen molar-refractivity contribution in [2.24, 2.45) is 5.73 Å². The number of amides is 2. The van der Waals surface area contributed by atoms with E-state index in [-0.39, 0.29) is 17.6 Å². The molecule has 2 aromatic carbocycles. The summed E-state index contributed by atoms with van der Waals surface area (Å²) in [6.07, 6.45) is 2.46. The van der Waals surface area contributed by atoms with Crippen LogP contribution < -0.4 is 20.7 Å². The van der Waals surface area contributed by atoms with Crippen molar-refractivity contribution >= 4 is 29.2 Å². The van der Waals surface area contributed by atoms with Gasteiger partial charge in [0.25, 0.3) is 11.8 Å². The number of carbonyl (C=O) groups excluding carboxylic acids is 3. The first-order valence-electron chi connectivity index (χ1n) is 12.3. The Balaban J connectivity index is 1.47. The molecule has 1 aliphatic rings. The Labute approximate surface area is 215 Å². The predicted octanol–water partition coefficient (Wildman–Crippen LogP) is 3.33. The molecule has 0 radical (unpaired) electrons. The van der Waals surface area contributed by atoms with E-state index < -0.39 is 5.91 Å². The molecule has 2 amide bonds. The second-order valence-corrected chi connectivity index (χ2v) is 8.59. The minimum absolute atomic E-state index is 0.112. The number of unbranched alkanes of at least 4 members (excludes halogenated alkanes) is 1. The smallest absolute Gasteiger partial charge is 0.305 e. The monoisotopic (exact) mass is 505 g/mol. The minimum atomic E-state index is -0.664. The van der Waals surface area contributed by atoms with Crippen molar-refractivity contribution in [2.45, 2.75) is 32.6 Å². The summed E-state index contributed by atoms with van der Waals surface area (Å²) in [4.78, 5) is 38.8. The molecule has 0 unspecified atom stereocenters. The summed E-state index contributed by atoms with van der Waals surface area (Å²) < 4.78 is 11.6. The van der Waals surface area contributed by atoms with Gasteiger partial charge in [0.2, 0.25) is 0 Å². The Morgan fingerprint density at radius 2 is 1.76 bits per heavy atom. The summed E-state index contributed by atoms with van der Waals surface area (Å²) in [5, 5.41) is 7.73. The fourth-order valence-corrected chi connectivity index (χ4v) is 4.33. The maximum atomic E-state index is 13.6. The molecule has 1 aliphatic heterocycles. The van der Waals surface area contributed by atoms with E-state index in [1.807, 2.05) is 24.3 Å². The van der Waals surface area contributed by atoms with Gasteiger partial charge in [0, 0.05) is 36.4 Å². The van der Waals surface area contributed by atoms with Crippen LogP contribution in [0.1, 0.15) is 52.7 Å². The van der Waals surface area contributed by atoms with Crippen LogP contribution in [0, 0.1) is 0 Å². The summed E-state index contributed by atoms with van der Waals surface area (Å²) in [6, 6.07) is 14.7. The number of nitrogens with two attached hydrogens (primary N) is 1. The topological polar surface area (TPSA) is 129 Å². The minimum Gasteiger partial charge on any atom is -0.497 e. The van der Waals surface area contributed by atoms with E-state index in [2.05, 4.69) is 10.4 Å². The van der Waals surface area contributed by atoms with Crippen LogP contribution >= 0.6 is 0 Å². The maximum absolute atomic E-state index is 13.6. The molecule has 1 aromatic heterocycles. The van der Waals surface area contributed by atoms with Crippen LogP contribution in [-0.4, -0.2) is 54.4 Å². The number of esters is 1. The number of aromatic nitrogens is 2. The number of hydrogen-bond acceptors (Lipinski definition) is 7. The summed E-state index contributed by atoms with van der Waals surface area (Å²) >= 11 is 0. The van der Waals surface area contributed by atoms with Crippen LogP contribution in [0.3, 0.4) is 0 Å². The van der Waals surface area contributed by atoms with Gasteiger partial charge in [-0.15, -0.1) is 0 Å². The first kappa shape index (κ1) is 25.7. The molecular formula is C27H31N5O5. The lowest BCUT2D eigenvalue weighted by molar-refractivity contribution is -0.143. The molecular weight excluding hydrogens is 474 g/mol. The van der Waals surface area contributed by atoms with Crippen LogP contribution in [0.25, 0.3) is 5.69 Å². The lowest BCUT2D eigenvalue weighted by atomic mass is 10.0. The van der Waals surface area contributed by atoms with Gasteiger partial charge in [0.05, 0.1) is 19.4 Å². The highest BCUT2D eigenvalue weighted by Gasteiger charge is 2.34. The number of ether oxygens (including phenoxy) is 2. The normalized spacial score (nSPS) is 12.7. The molecule has 0 saturated carbocycles. The average molecular weight is 506 g/mol. The lowest BCUT2D eigenvalue weighted by Crippen LogP contribution is -2.39. The summed E-state index contributed by atoms with van der Waals surface area (Å²) in [5.74, 6) is -0.419. The van der Waals surface area contributed by atoms with Crippen LogP contribution in [-0.2, 0) is 16.0 Å². The molecule has 0 atom stereocenters. The van der Waals surface area contributed by atoms with Crippen LogP contribution in [0.2, 0.25) is 0 Å². The molecule has 0 spiro atoms. The van der Waals surface area contributed by atoms with Gasteiger partial charge in [-0.25, -0.2) is 4.68 Å². The quantitative estimate of drug-likeness (QED) is 0.302. The van der Waals surface area contributed by atoms with E-state index in [0.29, 0.717) is 48.7 Å². The number of primary amides is 1. The van der Waals surface area contributed by atoms with Crippen molar-refractivity contribution in [1.29, 1.82) is 0 Å². The number of benzene rings is 2. The molecule has 2 heterocycles. The molecule has 0 fully saturated rings. The number of fused-ring (bicyclic) bond motifs is 1. The fraction of sp³-hybridized carbons (Fsp3) is 0.333. The van der Waals surface area contributed by atoms with E-state index >= 15 is 0 Å². The van der Waals surface area contributed by atoms with Crippen LogP contribution in [0.5, 0.6) is 5.75 Å². The number of carbonyl (C=O) groups is 3. The van der Waals surface area contributed by atoms with Gasteiger partial charge in [-0.2, -0.15) is 5.10 Å². The first-order chi connectivity index (χ1) is 17.9. The summed E-state index contributed by atoms with van der Waals surface area (Å²) in [7, 11) is 1.57. The molecule has 3 aromatic rings. The number of nitrogens with zero attached hydrogens (tertiary/aromatic N) is 3. The number of rotatable bonds is 11. The predicted molar refractivity (Wildman–Crippen MR) is 139 cm³/mol. The summed E-state index contributed by atoms with van der Waals surface area (Å²) in [5.41, 5.74) is 8.87. The zero-order chi connectivity index (χ0) is 26.4. The Bertz CT molecular complexity index is 1270. The highest BCUT2D eigenvalue weighted by atomic mass is 16.5. The second-order valence-electron chi connectivity index (χ2n) is 8.59. The first-order valence-corrected chi connectivity index (χ1v) is 12.3. The fourth-order valence-electron chi connectivity index (χ4n) is 4.33. The third-order valence-electron chi connectivity index (χ3n) is 6.19. The second kappa shape index (κ2) is 11.6. The van der Waals surface area contributed by atoms with Gasteiger partial charge in [0.15, 0.2) is 5.69 Å². The Hall–Kier alpha value is -4.34. The average Bonchev–Trinajstić information content (AvgIpc) is 3.30. The van der Waals surface area contributed by atoms with E-state index in [1.54, 1.807) is 43.2 Å². The zero-order valence-electron chi connectivity index (χ0n) is 21.0. The number of nitrogens with one attached hydrogen (secondary N) is 1. The molecule has 0 bridgehead atoms. The summed E-state index contributed by atoms with van der Waals surface area (Å²) in [6.45, 7) is 3.33. The molecule has 0 saturated heterocycles. The molecule has 10 heteroatoms. The standard InChI is InChI=1S/C27H31N5O5/c1-3-37-23(33)6-4-5-16-29-18-7-9-19(10-8-18)31-17-15-22-24(26(28)34)30-32(25(22)27(31)35)20-11-13-21(36-2)14-12-20/h7-14,29H,3-6,15-17H2,1-2H3,(H2,28,34). The SMILES string of the molecule is CCOC(=O)CCCCNc1ccc(N2CCc3c(C(N)=O)nn(-c4ccc(OC)cc4)c3C2=O)cc1. The van der Waals surface area contributed by atoms with E-state index in [4.69, 9.17) is 15.2 Å². The van der Waals surface area contributed by atoms with Gasteiger partial charge in [-0.05, 0) is 74.7 Å². The molecule has 0 aliphatic carbocycles. The Kier molecular flexibility index (Phi) is 8.07. The zero-order valence-corrected chi connectivity index (χ0v) is 21.0.